The molecule has 0 fully saturated rings. The minimum atomic E-state index is 0.600. The number of methoxy groups -OCH3 is 1. The van der Waals surface area contributed by atoms with Crippen LogP contribution >= 0.6 is 0 Å². The standard InChI is InChI=1S/C13H23N3O3/c1-3-19-12-6-8-15-13(16-12)14-7-4-5-9-18-11-10-17-2/h6,8H,3-5,7,9-11H2,1-2H3,(H,14,15,16). The highest BCUT2D eigenvalue weighted by Gasteiger charge is 1.98. The fraction of sp³-hybridized carbons (Fsp3) is 0.692. The first-order valence-corrected chi connectivity index (χ1v) is 6.63. The lowest BCUT2D eigenvalue weighted by atomic mass is 10.3. The second-order valence-electron chi connectivity index (χ2n) is 3.89. The second-order valence-corrected chi connectivity index (χ2v) is 3.89. The molecule has 1 aromatic heterocycles. The lowest BCUT2D eigenvalue weighted by molar-refractivity contribution is 0.0691. The summed E-state index contributed by atoms with van der Waals surface area (Å²) < 4.78 is 15.6. The smallest absolute Gasteiger partial charge is 0.225 e. The number of nitrogens with zero attached hydrogens (tertiary/aromatic N) is 2. The van der Waals surface area contributed by atoms with Gasteiger partial charge in [-0.1, -0.05) is 0 Å². The Kier molecular flexibility index (Phi) is 8.67. The molecule has 0 amide bonds. The highest BCUT2D eigenvalue weighted by molar-refractivity contribution is 5.27. The van der Waals surface area contributed by atoms with Crippen molar-refractivity contribution in [1.82, 2.24) is 9.97 Å². The van der Waals surface area contributed by atoms with Crippen molar-refractivity contribution in [3.63, 3.8) is 0 Å². The minimum absolute atomic E-state index is 0.600. The Balaban J connectivity index is 2.07. The molecular formula is C13H23N3O3. The zero-order chi connectivity index (χ0) is 13.8. The average Bonchev–Trinajstić information content (AvgIpc) is 2.43. The molecule has 0 atom stereocenters. The molecule has 1 aromatic rings. The van der Waals surface area contributed by atoms with Crippen LogP contribution < -0.4 is 10.1 Å². The number of anilines is 1. The summed E-state index contributed by atoms with van der Waals surface area (Å²) in [5, 5.41) is 3.16. The molecule has 0 radical (unpaired) electrons. The van der Waals surface area contributed by atoms with Crippen molar-refractivity contribution < 1.29 is 14.2 Å². The van der Waals surface area contributed by atoms with E-state index in [1.54, 1.807) is 19.4 Å². The van der Waals surface area contributed by atoms with Gasteiger partial charge in [0.2, 0.25) is 11.8 Å². The number of nitrogens with one attached hydrogen (secondary N) is 1. The molecule has 0 unspecified atom stereocenters. The Morgan fingerprint density at radius 2 is 2.11 bits per heavy atom. The average molecular weight is 269 g/mol. The molecule has 0 spiro atoms. The van der Waals surface area contributed by atoms with E-state index in [1.165, 1.54) is 0 Å². The first kappa shape index (κ1) is 15.7. The van der Waals surface area contributed by atoms with Gasteiger partial charge in [-0.15, -0.1) is 0 Å². The molecule has 0 aliphatic carbocycles. The van der Waals surface area contributed by atoms with Crippen molar-refractivity contribution in [2.24, 2.45) is 0 Å². The summed E-state index contributed by atoms with van der Waals surface area (Å²) in [6, 6.07) is 1.75. The maximum absolute atomic E-state index is 5.37. The Bertz CT molecular complexity index is 337. The van der Waals surface area contributed by atoms with Gasteiger partial charge in [0.25, 0.3) is 0 Å². The maximum Gasteiger partial charge on any atom is 0.225 e. The van der Waals surface area contributed by atoms with Crippen molar-refractivity contribution in [1.29, 1.82) is 0 Å². The zero-order valence-electron chi connectivity index (χ0n) is 11.7. The van der Waals surface area contributed by atoms with Crippen LogP contribution in [0.25, 0.3) is 0 Å². The Hall–Kier alpha value is -1.40. The van der Waals surface area contributed by atoms with Crippen LogP contribution in [0.1, 0.15) is 19.8 Å². The van der Waals surface area contributed by atoms with Gasteiger partial charge in [-0.05, 0) is 19.8 Å². The SMILES string of the molecule is CCOc1ccnc(NCCCCOCCOC)n1. The van der Waals surface area contributed by atoms with Crippen LogP contribution in [0.3, 0.4) is 0 Å². The minimum Gasteiger partial charge on any atom is -0.478 e. The van der Waals surface area contributed by atoms with Gasteiger partial charge in [-0.2, -0.15) is 4.98 Å². The van der Waals surface area contributed by atoms with Crippen molar-refractivity contribution in [3.8, 4) is 5.88 Å². The highest BCUT2D eigenvalue weighted by Crippen LogP contribution is 2.08. The number of hydrogen-bond donors (Lipinski definition) is 1. The summed E-state index contributed by atoms with van der Waals surface area (Å²) in [6.45, 7) is 5.42. The first-order valence-electron chi connectivity index (χ1n) is 6.63. The normalized spacial score (nSPS) is 10.4. The summed E-state index contributed by atoms with van der Waals surface area (Å²) in [5.74, 6) is 1.20. The lowest BCUT2D eigenvalue weighted by Gasteiger charge is -2.07. The van der Waals surface area contributed by atoms with Crippen molar-refractivity contribution in [3.05, 3.63) is 12.3 Å². The summed E-state index contributed by atoms with van der Waals surface area (Å²) >= 11 is 0. The molecule has 0 aromatic carbocycles. The van der Waals surface area contributed by atoms with E-state index in [4.69, 9.17) is 14.2 Å². The summed E-state index contributed by atoms with van der Waals surface area (Å²) in [7, 11) is 1.67. The molecular weight excluding hydrogens is 246 g/mol. The Morgan fingerprint density at radius 3 is 2.89 bits per heavy atom. The van der Waals surface area contributed by atoms with Gasteiger partial charge in [-0.3, -0.25) is 0 Å². The van der Waals surface area contributed by atoms with Crippen molar-refractivity contribution in [2.45, 2.75) is 19.8 Å². The third kappa shape index (κ3) is 7.58. The molecule has 0 saturated heterocycles. The molecule has 0 bridgehead atoms. The molecule has 1 heterocycles. The topological polar surface area (TPSA) is 65.5 Å². The zero-order valence-corrected chi connectivity index (χ0v) is 11.7. The molecule has 108 valence electrons. The van der Waals surface area contributed by atoms with Gasteiger partial charge in [0, 0.05) is 32.5 Å². The van der Waals surface area contributed by atoms with Crippen LogP contribution in [0, 0.1) is 0 Å². The molecule has 1 rings (SSSR count). The van der Waals surface area contributed by atoms with E-state index < -0.39 is 0 Å². The van der Waals surface area contributed by atoms with Crippen LogP contribution in [-0.4, -0.2) is 50.1 Å². The quantitative estimate of drug-likeness (QED) is 0.617. The molecule has 1 N–H and O–H groups in total. The number of rotatable bonds is 11. The van der Waals surface area contributed by atoms with Gasteiger partial charge in [0.1, 0.15) is 0 Å². The van der Waals surface area contributed by atoms with Crippen LogP contribution in [0.15, 0.2) is 12.3 Å². The third-order valence-corrected chi connectivity index (χ3v) is 2.35. The number of unbranched alkanes of at least 4 members (excludes halogenated alkanes) is 1. The van der Waals surface area contributed by atoms with E-state index in [9.17, 15) is 0 Å². The van der Waals surface area contributed by atoms with Crippen LogP contribution in [0.2, 0.25) is 0 Å². The van der Waals surface area contributed by atoms with E-state index in [-0.39, 0.29) is 0 Å². The van der Waals surface area contributed by atoms with Crippen LogP contribution in [0.4, 0.5) is 5.95 Å². The van der Waals surface area contributed by atoms with Gasteiger partial charge in [0.05, 0.1) is 19.8 Å². The molecule has 0 aliphatic heterocycles. The lowest BCUT2D eigenvalue weighted by Crippen LogP contribution is -2.08. The van der Waals surface area contributed by atoms with E-state index in [2.05, 4.69) is 15.3 Å². The summed E-state index contributed by atoms with van der Waals surface area (Å²) in [4.78, 5) is 8.36. The van der Waals surface area contributed by atoms with Crippen LogP contribution in [0.5, 0.6) is 5.88 Å². The van der Waals surface area contributed by atoms with Gasteiger partial charge >= 0.3 is 0 Å². The first-order chi connectivity index (χ1) is 9.36. The molecule has 19 heavy (non-hydrogen) atoms. The predicted octanol–water partition coefficient (Wildman–Crippen LogP) is 1.73. The van der Waals surface area contributed by atoms with Gasteiger partial charge < -0.3 is 19.5 Å². The molecule has 6 heteroatoms. The highest BCUT2D eigenvalue weighted by atomic mass is 16.5. The van der Waals surface area contributed by atoms with Crippen molar-refractivity contribution >= 4 is 5.95 Å². The molecule has 6 nitrogen and oxygen atoms in total. The Morgan fingerprint density at radius 1 is 1.21 bits per heavy atom. The summed E-state index contributed by atoms with van der Waals surface area (Å²) in [5.41, 5.74) is 0. The number of hydrogen-bond acceptors (Lipinski definition) is 6. The fourth-order valence-electron chi connectivity index (χ4n) is 1.43. The monoisotopic (exact) mass is 269 g/mol. The summed E-state index contributed by atoms with van der Waals surface area (Å²) in [6.07, 6.45) is 3.70. The maximum atomic E-state index is 5.37. The molecule has 0 aliphatic rings. The fourth-order valence-corrected chi connectivity index (χ4v) is 1.43. The van der Waals surface area contributed by atoms with E-state index in [1.807, 2.05) is 6.92 Å². The largest absolute Gasteiger partial charge is 0.478 e. The molecule has 0 saturated carbocycles. The van der Waals surface area contributed by atoms with E-state index >= 15 is 0 Å². The second kappa shape index (κ2) is 10.5. The van der Waals surface area contributed by atoms with Crippen LogP contribution in [-0.2, 0) is 9.47 Å². The van der Waals surface area contributed by atoms with Crippen molar-refractivity contribution in [2.75, 3.05) is 45.4 Å². The van der Waals surface area contributed by atoms with E-state index in [0.717, 1.165) is 26.0 Å². The van der Waals surface area contributed by atoms with Gasteiger partial charge in [-0.25, -0.2) is 4.98 Å². The Labute approximate surface area is 114 Å². The number of aromatic nitrogens is 2. The predicted molar refractivity (Wildman–Crippen MR) is 73.6 cm³/mol. The number of ether oxygens (including phenoxy) is 3. The van der Waals surface area contributed by atoms with E-state index in [0.29, 0.717) is 31.6 Å². The van der Waals surface area contributed by atoms with Gasteiger partial charge in [0.15, 0.2) is 0 Å². The third-order valence-electron chi connectivity index (χ3n) is 2.35.